The molecule has 6 heteroatoms. The molecule has 126 valence electrons. The van der Waals surface area contributed by atoms with Crippen molar-refractivity contribution in [1.29, 1.82) is 0 Å². The number of hydrogen-bond donors (Lipinski definition) is 2. The van der Waals surface area contributed by atoms with Crippen LogP contribution in [0.15, 0.2) is 24.5 Å². The first-order valence-electron chi connectivity index (χ1n) is 8.51. The van der Waals surface area contributed by atoms with Crippen molar-refractivity contribution in [1.82, 2.24) is 20.1 Å². The molecule has 2 aliphatic rings. The summed E-state index contributed by atoms with van der Waals surface area (Å²) in [4.78, 5) is 21.1. The summed E-state index contributed by atoms with van der Waals surface area (Å²) in [6.45, 7) is 5.30. The summed E-state index contributed by atoms with van der Waals surface area (Å²) in [7, 11) is 0. The van der Waals surface area contributed by atoms with Gasteiger partial charge in [0.1, 0.15) is 0 Å². The third kappa shape index (κ3) is 4.50. The molecule has 3 heterocycles. The first-order chi connectivity index (χ1) is 11.2. The fraction of sp³-hybridized carbons (Fsp3) is 0.647. The minimum absolute atomic E-state index is 0.102. The van der Waals surface area contributed by atoms with E-state index in [4.69, 9.17) is 0 Å². The van der Waals surface area contributed by atoms with Gasteiger partial charge in [0.05, 0.1) is 6.10 Å². The lowest BCUT2D eigenvalue weighted by Crippen LogP contribution is -2.45. The largest absolute Gasteiger partial charge is 0.390 e. The summed E-state index contributed by atoms with van der Waals surface area (Å²) in [5.41, 5.74) is 1.22. The van der Waals surface area contributed by atoms with Crippen LogP contribution in [0.1, 0.15) is 18.4 Å². The monoisotopic (exact) mass is 318 g/mol. The van der Waals surface area contributed by atoms with Crippen LogP contribution < -0.4 is 5.32 Å². The quantitative estimate of drug-likeness (QED) is 0.826. The van der Waals surface area contributed by atoms with E-state index >= 15 is 0 Å². The third-order valence-electron chi connectivity index (χ3n) is 4.75. The molecular formula is C17H26N4O2. The summed E-state index contributed by atoms with van der Waals surface area (Å²) in [5.74, 6) is 0.319. The lowest BCUT2D eigenvalue weighted by Gasteiger charge is -2.34. The van der Waals surface area contributed by atoms with Crippen molar-refractivity contribution in [2.75, 3.05) is 39.3 Å². The van der Waals surface area contributed by atoms with Crippen LogP contribution in [-0.4, -0.2) is 71.2 Å². The fourth-order valence-electron chi connectivity index (χ4n) is 3.44. The maximum absolute atomic E-state index is 12.7. The number of carbonyl (C=O) groups excluding carboxylic acids is 1. The highest BCUT2D eigenvalue weighted by Gasteiger charge is 2.30. The number of rotatable bonds is 3. The number of likely N-dealkylation sites (tertiary alicyclic amines) is 1. The summed E-state index contributed by atoms with van der Waals surface area (Å²) >= 11 is 0. The second-order valence-corrected chi connectivity index (χ2v) is 6.55. The number of hydrogen-bond acceptors (Lipinski definition) is 5. The van der Waals surface area contributed by atoms with Gasteiger partial charge in [-0.2, -0.15) is 0 Å². The normalized spacial score (nSPS) is 24.4. The molecule has 0 spiro atoms. The number of aromatic nitrogens is 1. The van der Waals surface area contributed by atoms with Crippen molar-refractivity contribution in [3.63, 3.8) is 0 Å². The van der Waals surface area contributed by atoms with Gasteiger partial charge in [-0.25, -0.2) is 0 Å². The van der Waals surface area contributed by atoms with Gasteiger partial charge in [-0.15, -0.1) is 0 Å². The van der Waals surface area contributed by atoms with E-state index in [1.807, 2.05) is 17.2 Å². The van der Waals surface area contributed by atoms with Gasteiger partial charge in [0.2, 0.25) is 5.91 Å². The van der Waals surface area contributed by atoms with E-state index in [1.54, 1.807) is 6.20 Å². The smallest absolute Gasteiger partial charge is 0.225 e. The molecule has 1 atom stereocenters. The highest BCUT2D eigenvalue weighted by molar-refractivity contribution is 5.79. The number of β-amino-alcohol motifs (C(OH)–C–C–N with tert-alkyl or cyclic N) is 1. The fourth-order valence-corrected chi connectivity index (χ4v) is 3.44. The minimum Gasteiger partial charge on any atom is -0.390 e. The van der Waals surface area contributed by atoms with Gasteiger partial charge < -0.3 is 15.3 Å². The first-order valence-corrected chi connectivity index (χ1v) is 8.51. The van der Waals surface area contributed by atoms with E-state index in [9.17, 15) is 9.90 Å². The summed E-state index contributed by atoms with van der Waals surface area (Å²) in [6.07, 6.45) is 5.05. The number of nitrogens with zero attached hydrogens (tertiary/aromatic N) is 3. The first kappa shape index (κ1) is 16.4. The number of piperidine rings is 1. The Hall–Kier alpha value is -1.50. The molecule has 0 aliphatic carbocycles. The van der Waals surface area contributed by atoms with E-state index in [0.29, 0.717) is 19.6 Å². The summed E-state index contributed by atoms with van der Waals surface area (Å²) in [5, 5.41) is 13.0. The Kier molecular flexibility index (Phi) is 5.59. The average Bonchev–Trinajstić information content (AvgIpc) is 2.80. The zero-order valence-electron chi connectivity index (χ0n) is 13.5. The Bertz CT molecular complexity index is 503. The number of carbonyl (C=O) groups is 1. The van der Waals surface area contributed by atoms with Crippen LogP contribution in [0.5, 0.6) is 0 Å². The van der Waals surface area contributed by atoms with Crippen molar-refractivity contribution in [2.24, 2.45) is 5.92 Å². The van der Waals surface area contributed by atoms with E-state index in [1.165, 1.54) is 5.56 Å². The second-order valence-electron chi connectivity index (χ2n) is 6.55. The Balaban J connectivity index is 1.49. The topological polar surface area (TPSA) is 68.7 Å². The molecule has 1 amide bonds. The predicted octanol–water partition coefficient (Wildman–Crippen LogP) is 0.0863. The van der Waals surface area contributed by atoms with Crippen LogP contribution in [0.25, 0.3) is 0 Å². The number of amides is 1. The number of aliphatic hydroxyl groups is 1. The van der Waals surface area contributed by atoms with Gasteiger partial charge in [0.15, 0.2) is 0 Å². The van der Waals surface area contributed by atoms with Gasteiger partial charge in [0, 0.05) is 51.0 Å². The molecule has 0 aromatic carbocycles. The van der Waals surface area contributed by atoms with Crippen molar-refractivity contribution < 1.29 is 9.90 Å². The number of nitrogens with one attached hydrogen (secondary N) is 1. The lowest BCUT2D eigenvalue weighted by atomic mass is 9.95. The van der Waals surface area contributed by atoms with Crippen LogP contribution >= 0.6 is 0 Å². The molecule has 1 aromatic heterocycles. The molecule has 3 rings (SSSR count). The molecule has 2 aliphatic heterocycles. The van der Waals surface area contributed by atoms with Crippen molar-refractivity contribution in [2.45, 2.75) is 25.5 Å². The average molecular weight is 318 g/mol. The predicted molar refractivity (Wildman–Crippen MR) is 87.7 cm³/mol. The third-order valence-corrected chi connectivity index (χ3v) is 4.75. The van der Waals surface area contributed by atoms with Gasteiger partial charge >= 0.3 is 0 Å². The van der Waals surface area contributed by atoms with Crippen molar-refractivity contribution >= 4 is 5.91 Å². The highest BCUT2D eigenvalue weighted by atomic mass is 16.3. The van der Waals surface area contributed by atoms with E-state index in [-0.39, 0.29) is 11.8 Å². The van der Waals surface area contributed by atoms with Crippen LogP contribution in [0.2, 0.25) is 0 Å². The van der Waals surface area contributed by atoms with E-state index in [2.05, 4.69) is 21.3 Å². The molecule has 2 N–H and O–H groups in total. The van der Waals surface area contributed by atoms with Crippen molar-refractivity contribution in [3.05, 3.63) is 30.1 Å². The lowest BCUT2D eigenvalue weighted by molar-refractivity contribution is -0.138. The van der Waals surface area contributed by atoms with Gasteiger partial charge in [-0.1, -0.05) is 6.07 Å². The van der Waals surface area contributed by atoms with Crippen molar-refractivity contribution in [3.8, 4) is 0 Å². The van der Waals surface area contributed by atoms with Gasteiger partial charge in [-0.3, -0.25) is 14.7 Å². The zero-order valence-corrected chi connectivity index (χ0v) is 13.5. The summed E-state index contributed by atoms with van der Waals surface area (Å²) in [6, 6.07) is 4.06. The maximum atomic E-state index is 12.7. The molecule has 23 heavy (non-hydrogen) atoms. The molecule has 0 saturated carbocycles. The van der Waals surface area contributed by atoms with E-state index < -0.39 is 6.10 Å². The zero-order chi connectivity index (χ0) is 16.1. The van der Waals surface area contributed by atoms with Crippen LogP contribution in [-0.2, 0) is 11.3 Å². The molecule has 0 radical (unpaired) electrons. The maximum Gasteiger partial charge on any atom is 0.225 e. The van der Waals surface area contributed by atoms with Crippen LogP contribution in [0.3, 0.4) is 0 Å². The highest BCUT2D eigenvalue weighted by Crippen LogP contribution is 2.21. The molecule has 1 unspecified atom stereocenters. The summed E-state index contributed by atoms with van der Waals surface area (Å²) < 4.78 is 0. The van der Waals surface area contributed by atoms with Crippen LogP contribution in [0, 0.1) is 5.92 Å². The molecular weight excluding hydrogens is 292 g/mol. The molecule has 1 aromatic rings. The van der Waals surface area contributed by atoms with Gasteiger partial charge in [0.25, 0.3) is 0 Å². The Morgan fingerprint density at radius 3 is 2.91 bits per heavy atom. The Morgan fingerprint density at radius 1 is 1.35 bits per heavy atom. The Morgan fingerprint density at radius 2 is 2.17 bits per heavy atom. The molecule has 2 saturated heterocycles. The standard InChI is InChI=1S/C17H26N4O2/c22-16-11-19-6-9-21(13-16)17(23)15-3-7-20(8-4-15)12-14-2-1-5-18-10-14/h1-2,5,10,15-16,19,22H,3-4,6-9,11-13H2. The van der Waals surface area contributed by atoms with E-state index in [0.717, 1.165) is 39.0 Å². The molecule has 0 bridgehead atoms. The van der Waals surface area contributed by atoms with Crippen LogP contribution in [0.4, 0.5) is 0 Å². The van der Waals surface area contributed by atoms with Gasteiger partial charge in [-0.05, 0) is 37.6 Å². The SMILES string of the molecule is O=C(C1CCN(Cc2cccnc2)CC1)N1CCNCC(O)C1. The number of aliphatic hydroxyl groups excluding tert-OH is 1. The number of pyridine rings is 1. The molecule has 2 fully saturated rings. The molecule has 6 nitrogen and oxygen atoms in total. The second kappa shape index (κ2) is 7.86. The minimum atomic E-state index is -0.452. The Labute approximate surface area is 137 Å².